The largest absolute Gasteiger partial charge is 0.493 e. The fraction of sp³-hybridized carbons (Fsp3) is 0.263. The number of nitrogens with zero attached hydrogens (tertiary/aromatic N) is 1. The second-order valence-electron chi connectivity index (χ2n) is 5.48. The molecule has 0 aliphatic carbocycles. The van der Waals surface area contributed by atoms with Crippen LogP contribution in [0.3, 0.4) is 0 Å². The van der Waals surface area contributed by atoms with E-state index in [1.807, 2.05) is 25.1 Å². The van der Waals surface area contributed by atoms with Gasteiger partial charge in [0.25, 0.3) is 0 Å². The van der Waals surface area contributed by atoms with Crippen LogP contribution >= 0.6 is 0 Å². The van der Waals surface area contributed by atoms with Gasteiger partial charge in [0.15, 0.2) is 23.4 Å². The van der Waals surface area contributed by atoms with Crippen molar-refractivity contribution in [3.05, 3.63) is 53.6 Å². The Morgan fingerprint density at radius 2 is 1.73 bits per heavy atom. The van der Waals surface area contributed by atoms with Gasteiger partial charge >= 0.3 is 5.97 Å². The molecule has 0 radical (unpaired) electrons. The van der Waals surface area contributed by atoms with Gasteiger partial charge in [-0.05, 0) is 43.7 Å². The predicted molar refractivity (Wildman–Crippen MR) is 97.6 cm³/mol. The van der Waals surface area contributed by atoms with Gasteiger partial charge in [-0.3, -0.25) is 0 Å². The first-order valence-electron chi connectivity index (χ1n) is 7.95. The minimum atomic E-state index is -0.835. The first-order chi connectivity index (χ1) is 12.5. The lowest BCUT2D eigenvalue weighted by molar-refractivity contribution is -0.151. The van der Waals surface area contributed by atoms with Crippen molar-refractivity contribution in [3.8, 4) is 17.2 Å². The number of oxime groups is 1. The SMILES string of the molecule is COc1ccc(/C(N)=N\OC(=O)[C@@H](C)Oc2ccccc2C)cc1OC. The van der Waals surface area contributed by atoms with Crippen molar-refractivity contribution in [1.29, 1.82) is 0 Å². The van der Waals surface area contributed by atoms with Crippen molar-refractivity contribution in [2.24, 2.45) is 10.9 Å². The predicted octanol–water partition coefficient (Wildman–Crippen LogP) is 2.64. The van der Waals surface area contributed by atoms with E-state index in [1.54, 1.807) is 31.2 Å². The molecule has 2 aromatic rings. The molecule has 1 atom stereocenters. The summed E-state index contributed by atoms with van der Waals surface area (Å²) in [5.41, 5.74) is 7.32. The third-order valence-corrected chi connectivity index (χ3v) is 3.64. The van der Waals surface area contributed by atoms with E-state index in [-0.39, 0.29) is 5.84 Å². The zero-order valence-electron chi connectivity index (χ0n) is 15.2. The first-order valence-corrected chi connectivity index (χ1v) is 7.95. The van der Waals surface area contributed by atoms with Gasteiger partial charge in [-0.25, -0.2) is 4.79 Å². The van der Waals surface area contributed by atoms with Gasteiger partial charge in [0.05, 0.1) is 14.2 Å². The summed E-state index contributed by atoms with van der Waals surface area (Å²) in [6.07, 6.45) is -0.835. The highest BCUT2D eigenvalue weighted by molar-refractivity contribution is 5.98. The van der Waals surface area contributed by atoms with Crippen LogP contribution in [0, 0.1) is 6.92 Å². The summed E-state index contributed by atoms with van der Waals surface area (Å²) >= 11 is 0. The van der Waals surface area contributed by atoms with Gasteiger partial charge in [0.1, 0.15) is 5.75 Å². The molecule has 0 unspecified atom stereocenters. The molecule has 0 spiro atoms. The minimum absolute atomic E-state index is 0.0300. The molecule has 2 aromatic carbocycles. The fourth-order valence-corrected chi connectivity index (χ4v) is 2.14. The molecule has 0 saturated carbocycles. The molecule has 0 aromatic heterocycles. The van der Waals surface area contributed by atoms with E-state index in [2.05, 4.69) is 5.16 Å². The van der Waals surface area contributed by atoms with E-state index in [0.29, 0.717) is 22.8 Å². The lowest BCUT2D eigenvalue weighted by Crippen LogP contribution is -2.26. The molecule has 2 N–H and O–H groups in total. The van der Waals surface area contributed by atoms with Crippen molar-refractivity contribution < 1.29 is 23.8 Å². The summed E-state index contributed by atoms with van der Waals surface area (Å²) in [5.74, 6) is 1.03. The van der Waals surface area contributed by atoms with Crippen LogP contribution in [-0.4, -0.2) is 32.1 Å². The third-order valence-electron chi connectivity index (χ3n) is 3.64. The van der Waals surface area contributed by atoms with Crippen LogP contribution in [0.25, 0.3) is 0 Å². The van der Waals surface area contributed by atoms with Gasteiger partial charge in [0.2, 0.25) is 0 Å². The molecule has 138 valence electrons. The maximum Gasteiger partial charge on any atom is 0.374 e. The van der Waals surface area contributed by atoms with Crippen LogP contribution in [0.15, 0.2) is 47.6 Å². The Kier molecular flexibility index (Phi) is 6.43. The van der Waals surface area contributed by atoms with Crippen molar-refractivity contribution in [2.75, 3.05) is 14.2 Å². The monoisotopic (exact) mass is 358 g/mol. The van der Waals surface area contributed by atoms with Crippen LogP contribution in [0.5, 0.6) is 17.2 Å². The zero-order chi connectivity index (χ0) is 19.1. The summed E-state index contributed by atoms with van der Waals surface area (Å²) < 4.78 is 16.0. The van der Waals surface area contributed by atoms with E-state index in [1.165, 1.54) is 14.2 Å². The summed E-state index contributed by atoms with van der Waals surface area (Å²) in [5, 5.41) is 3.68. The number of hydrogen-bond acceptors (Lipinski definition) is 6. The second kappa shape index (κ2) is 8.75. The highest BCUT2D eigenvalue weighted by Gasteiger charge is 2.18. The smallest absolute Gasteiger partial charge is 0.374 e. The van der Waals surface area contributed by atoms with Crippen molar-refractivity contribution >= 4 is 11.8 Å². The summed E-state index contributed by atoms with van der Waals surface area (Å²) in [6.45, 7) is 3.47. The van der Waals surface area contributed by atoms with E-state index in [9.17, 15) is 4.79 Å². The van der Waals surface area contributed by atoms with Crippen LogP contribution < -0.4 is 19.9 Å². The minimum Gasteiger partial charge on any atom is -0.493 e. The number of carbonyl (C=O) groups is 1. The molecular formula is C19H22N2O5. The zero-order valence-corrected chi connectivity index (χ0v) is 15.2. The number of rotatable bonds is 7. The van der Waals surface area contributed by atoms with Gasteiger partial charge < -0.3 is 24.8 Å². The molecule has 26 heavy (non-hydrogen) atoms. The normalized spacial score (nSPS) is 12.2. The van der Waals surface area contributed by atoms with Gasteiger partial charge in [-0.15, -0.1) is 0 Å². The van der Waals surface area contributed by atoms with Gasteiger partial charge in [-0.2, -0.15) is 0 Å². The second-order valence-corrected chi connectivity index (χ2v) is 5.48. The topological polar surface area (TPSA) is 92.4 Å². The van der Waals surface area contributed by atoms with Crippen molar-refractivity contribution in [2.45, 2.75) is 20.0 Å². The number of aryl methyl sites for hydroxylation is 1. The number of benzene rings is 2. The maximum absolute atomic E-state index is 12.1. The Labute approximate surface area is 152 Å². The molecule has 0 amide bonds. The van der Waals surface area contributed by atoms with E-state index in [4.69, 9.17) is 24.8 Å². The molecule has 0 saturated heterocycles. The van der Waals surface area contributed by atoms with Gasteiger partial charge in [0, 0.05) is 5.56 Å². The summed E-state index contributed by atoms with van der Waals surface area (Å²) in [6, 6.07) is 12.4. The Balaban J connectivity index is 2.03. The maximum atomic E-state index is 12.1. The van der Waals surface area contributed by atoms with E-state index < -0.39 is 12.1 Å². The molecule has 0 aliphatic rings. The fourth-order valence-electron chi connectivity index (χ4n) is 2.14. The highest BCUT2D eigenvalue weighted by Crippen LogP contribution is 2.27. The average molecular weight is 358 g/mol. The number of nitrogens with two attached hydrogens (primary N) is 1. The first kappa shape index (κ1) is 19.1. The van der Waals surface area contributed by atoms with Crippen molar-refractivity contribution in [3.63, 3.8) is 0 Å². The number of amidine groups is 1. The molecule has 0 bridgehead atoms. The molecule has 7 nitrogen and oxygen atoms in total. The summed E-state index contributed by atoms with van der Waals surface area (Å²) in [4.78, 5) is 17.0. The molecule has 0 aliphatic heterocycles. The number of methoxy groups -OCH3 is 2. The molecule has 0 fully saturated rings. The Hall–Kier alpha value is -3.22. The van der Waals surface area contributed by atoms with E-state index in [0.717, 1.165) is 5.56 Å². The number of ether oxygens (including phenoxy) is 3. The quantitative estimate of drug-likeness (QED) is 0.354. The van der Waals surface area contributed by atoms with Crippen LogP contribution in [0.2, 0.25) is 0 Å². The average Bonchev–Trinajstić information content (AvgIpc) is 2.66. The standard InChI is InChI=1S/C19H22N2O5/c1-12-7-5-6-8-15(12)25-13(2)19(22)26-21-18(20)14-9-10-16(23-3)17(11-14)24-4/h5-11,13H,1-4H3,(H2,20,21)/t13-/m1/s1. The lowest BCUT2D eigenvalue weighted by atomic mass is 10.2. The van der Waals surface area contributed by atoms with E-state index >= 15 is 0 Å². The highest BCUT2D eigenvalue weighted by atomic mass is 16.7. The van der Waals surface area contributed by atoms with Crippen LogP contribution in [0.4, 0.5) is 0 Å². The number of carbonyl (C=O) groups excluding carboxylic acids is 1. The molecule has 7 heteroatoms. The Morgan fingerprint density at radius 3 is 2.38 bits per heavy atom. The summed E-state index contributed by atoms with van der Waals surface area (Å²) in [7, 11) is 3.05. The molecular weight excluding hydrogens is 336 g/mol. The van der Waals surface area contributed by atoms with Crippen LogP contribution in [-0.2, 0) is 9.63 Å². The lowest BCUT2D eigenvalue weighted by Gasteiger charge is -2.13. The molecule has 0 heterocycles. The number of hydrogen-bond donors (Lipinski definition) is 1. The van der Waals surface area contributed by atoms with Gasteiger partial charge in [-0.1, -0.05) is 23.4 Å². The third kappa shape index (κ3) is 4.66. The Bertz CT molecular complexity index is 804. The Morgan fingerprint density at radius 1 is 1.04 bits per heavy atom. The van der Waals surface area contributed by atoms with Crippen molar-refractivity contribution in [1.82, 2.24) is 0 Å². The van der Waals surface area contributed by atoms with Crippen LogP contribution in [0.1, 0.15) is 18.1 Å². The number of para-hydroxylation sites is 1. The molecule has 2 rings (SSSR count).